The van der Waals surface area contributed by atoms with Gasteiger partial charge in [-0.05, 0) is 0 Å². The summed E-state index contributed by atoms with van der Waals surface area (Å²) < 4.78 is 0. The van der Waals surface area contributed by atoms with Crippen LogP contribution in [0.15, 0.2) is 0 Å². The topological polar surface area (TPSA) is 118 Å². The SMILES string of the molecule is O=C(CO)[C@H](O)[C@@H](O)[C@H](O)CO.[Cl-].[K+]. The summed E-state index contributed by atoms with van der Waals surface area (Å²) in [6.07, 6.45) is -5.22. The third-order valence-electron chi connectivity index (χ3n) is 1.39. The normalized spacial score (nSPS) is 15.8. The van der Waals surface area contributed by atoms with Gasteiger partial charge in [0, 0.05) is 0 Å². The maximum absolute atomic E-state index is 10.5. The van der Waals surface area contributed by atoms with E-state index < -0.39 is 37.3 Å². The largest absolute Gasteiger partial charge is 1.00 e. The summed E-state index contributed by atoms with van der Waals surface area (Å²) in [5.41, 5.74) is 0. The number of ketones is 1. The van der Waals surface area contributed by atoms with E-state index in [0.29, 0.717) is 0 Å². The second-order valence-corrected chi connectivity index (χ2v) is 2.31. The molecule has 8 heteroatoms. The van der Waals surface area contributed by atoms with Gasteiger partial charge in [-0.3, -0.25) is 4.79 Å². The van der Waals surface area contributed by atoms with E-state index in [4.69, 9.17) is 25.5 Å². The first-order valence-electron chi connectivity index (χ1n) is 3.33. The Bertz CT molecular complexity index is 157. The molecule has 3 atom stereocenters. The Morgan fingerprint density at radius 1 is 1.14 bits per heavy atom. The molecule has 0 aliphatic rings. The molecule has 0 aromatic heterocycles. The van der Waals surface area contributed by atoms with Gasteiger partial charge in [0.1, 0.15) is 24.9 Å². The van der Waals surface area contributed by atoms with Crippen molar-refractivity contribution in [3.63, 3.8) is 0 Å². The fourth-order valence-electron chi connectivity index (χ4n) is 0.602. The van der Waals surface area contributed by atoms with Crippen LogP contribution >= 0.6 is 0 Å². The van der Waals surface area contributed by atoms with Gasteiger partial charge in [-0.1, -0.05) is 0 Å². The monoisotopic (exact) mass is 254 g/mol. The summed E-state index contributed by atoms with van der Waals surface area (Å²) in [7, 11) is 0. The summed E-state index contributed by atoms with van der Waals surface area (Å²) in [4.78, 5) is 10.5. The number of halogens is 1. The minimum absolute atomic E-state index is 0. The van der Waals surface area contributed by atoms with E-state index in [2.05, 4.69) is 0 Å². The number of carbonyl (C=O) groups is 1. The Balaban J connectivity index is -0.000000605. The molecule has 14 heavy (non-hydrogen) atoms. The number of rotatable bonds is 5. The van der Waals surface area contributed by atoms with E-state index in [-0.39, 0.29) is 63.8 Å². The van der Waals surface area contributed by atoms with Crippen molar-refractivity contribution in [2.75, 3.05) is 13.2 Å². The Labute approximate surface area is 130 Å². The molecule has 0 saturated carbocycles. The third kappa shape index (κ3) is 6.80. The number of carbonyl (C=O) groups excluding carboxylic acids is 1. The maximum atomic E-state index is 10.5. The summed E-state index contributed by atoms with van der Waals surface area (Å²) in [5, 5.41) is 43.1. The molecule has 0 saturated heterocycles. The van der Waals surface area contributed by atoms with Gasteiger partial charge < -0.3 is 37.9 Å². The van der Waals surface area contributed by atoms with Crippen LogP contribution in [0, 0.1) is 0 Å². The van der Waals surface area contributed by atoms with Crippen LogP contribution in [0.4, 0.5) is 0 Å². The van der Waals surface area contributed by atoms with E-state index in [1.807, 2.05) is 0 Å². The first kappa shape index (κ1) is 20.8. The van der Waals surface area contributed by atoms with Gasteiger partial charge in [0.2, 0.25) is 0 Å². The predicted octanol–water partition coefficient (Wildman–Crippen LogP) is -9.37. The number of hydrogen-bond donors (Lipinski definition) is 5. The molecule has 6 nitrogen and oxygen atoms in total. The van der Waals surface area contributed by atoms with Gasteiger partial charge in [-0.2, -0.15) is 0 Å². The van der Waals surface area contributed by atoms with E-state index >= 15 is 0 Å². The Kier molecular flexibility index (Phi) is 16.2. The molecule has 0 aromatic rings. The number of hydrogen-bond acceptors (Lipinski definition) is 6. The molecule has 0 aromatic carbocycles. The van der Waals surface area contributed by atoms with Crippen LogP contribution in [-0.4, -0.2) is 62.8 Å². The molecule has 0 aliphatic carbocycles. The summed E-state index contributed by atoms with van der Waals surface area (Å²) in [6, 6.07) is 0. The fourth-order valence-corrected chi connectivity index (χ4v) is 0.602. The van der Waals surface area contributed by atoms with Crippen molar-refractivity contribution in [1.82, 2.24) is 0 Å². The van der Waals surface area contributed by atoms with E-state index in [1.54, 1.807) is 0 Å². The minimum Gasteiger partial charge on any atom is -1.00 e. The predicted molar refractivity (Wildman–Crippen MR) is 37.2 cm³/mol. The molecule has 0 unspecified atom stereocenters. The van der Waals surface area contributed by atoms with Gasteiger partial charge in [-0.15, -0.1) is 0 Å². The molecule has 0 spiro atoms. The van der Waals surface area contributed by atoms with Gasteiger partial charge in [0.15, 0.2) is 5.78 Å². The van der Waals surface area contributed by atoms with Crippen LogP contribution in [0.25, 0.3) is 0 Å². The molecule has 0 heterocycles. The Hall–Kier alpha value is 1.40. The van der Waals surface area contributed by atoms with Gasteiger partial charge in [0.05, 0.1) is 6.61 Å². The van der Waals surface area contributed by atoms with Gasteiger partial charge in [-0.25, -0.2) is 0 Å². The molecule has 0 aliphatic heterocycles. The van der Waals surface area contributed by atoms with E-state index in [9.17, 15) is 4.79 Å². The van der Waals surface area contributed by atoms with Crippen molar-refractivity contribution in [2.24, 2.45) is 0 Å². The van der Waals surface area contributed by atoms with Crippen LogP contribution in [0.5, 0.6) is 0 Å². The number of aliphatic hydroxyl groups excluding tert-OH is 5. The second-order valence-electron chi connectivity index (χ2n) is 2.31. The quantitative estimate of drug-likeness (QED) is 0.311. The standard InChI is InChI=1S/C6H12O6.ClH.K/c7-1-3(9)5(11)6(12)4(10)2-8;;/h3,5-9,11-12H,1-2H2;1H;/q;;+1/p-1/t3-,5+,6+;;/m1../s1. The molecule has 0 amide bonds. The number of aliphatic hydroxyl groups is 5. The van der Waals surface area contributed by atoms with Gasteiger partial charge in [0.25, 0.3) is 0 Å². The van der Waals surface area contributed by atoms with Crippen LogP contribution in [0.3, 0.4) is 0 Å². The summed E-state index contributed by atoms with van der Waals surface area (Å²) in [5.74, 6) is -1.00. The fraction of sp³-hybridized carbons (Fsp3) is 0.833. The van der Waals surface area contributed by atoms with Crippen molar-refractivity contribution in [1.29, 1.82) is 0 Å². The maximum Gasteiger partial charge on any atom is 1.00 e. The molecule has 80 valence electrons. The smallest absolute Gasteiger partial charge is 1.00 e. The molecule has 0 bridgehead atoms. The van der Waals surface area contributed by atoms with E-state index in [0.717, 1.165) is 0 Å². The van der Waals surface area contributed by atoms with Crippen LogP contribution < -0.4 is 63.8 Å². The van der Waals surface area contributed by atoms with Crippen LogP contribution in [0.2, 0.25) is 0 Å². The van der Waals surface area contributed by atoms with Crippen molar-refractivity contribution >= 4 is 5.78 Å². The second kappa shape index (κ2) is 10.9. The molecular formula is C6H12ClKO6. The van der Waals surface area contributed by atoms with Crippen molar-refractivity contribution < 1.29 is 94.1 Å². The Morgan fingerprint density at radius 2 is 1.57 bits per heavy atom. The zero-order valence-electron chi connectivity index (χ0n) is 7.67. The zero-order chi connectivity index (χ0) is 9.72. The molecular weight excluding hydrogens is 243 g/mol. The van der Waals surface area contributed by atoms with Crippen molar-refractivity contribution in [3.8, 4) is 0 Å². The van der Waals surface area contributed by atoms with Crippen molar-refractivity contribution in [2.45, 2.75) is 18.3 Å². The average molecular weight is 255 g/mol. The van der Waals surface area contributed by atoms with Crippen molar-refractivity contribution in [3.05, 3.63) is 0 Å². The first-order valence-corrected chi connectivity index (χ1v) is 3.33. The minimum atomic E-state index is -1.86. The van der Waals surface area contributed by atoms with Gasteiger partial charge >= 0.3 is 51.4 Å². The third-order valence-corrected chi connectivity index (χ3v) is 1.39. The summed E-state index contributed by atoms with van der Waals surface area (Å²) >= 11 is 0. The molecule has 0 rings (SSSR count). The zero-order valence-corrected chi connectivity index (χ0v) is 11.5. The van der Waals surface area contributed by atoms with E-state index in [1.165, 1.54) is 0 Å². The molecule has 0 fully saturated rings. The average Bonchev–Trinajstić information content (AvgIpc) is 2.12. The molecule has 0 radical (unpaired) electrons. The first-order chi connectivity index (χ1) is 5.54. The van der Waals surface area contributed by atoms with Crippen LogP contribution in [0.1, 0.15) is 0 Å². The number of Topliss-reactive ketones (excluding diaryl/α,β-unsaturated/α-hetero) is 1. The Morgan fingerprint density at radius 3 is 1.86 bits per heavy atom. The van der Waals surface area contributed by atoms with Crippen LogP contribution in [-0.2, 0) is 4.79 Å². The molecule has 5 N–H and O–H groups in total. The summed E-state index contributed by atoms with van der Waals surface area (Å²) in [6.45, 7) is -1.69.